The fourth-order valence-corrected chi connectivity index (χ4v) is 1.77. The van der Waals surface area contributed by atoms with E-state index in [9.17, 15) is 0 Å². The van der Waals surface area contributed by atoms with E-state index in [1.165, 1.54) is 12.8 Å². The summed E-state index contributed by atoms with van der Waals surface area (Å²) in [5.41, 5.74) is 0. The fourth-order valence-electron chi connectivity index (χ4n) is 1.56. The third-order valence-electron chi connectivity index (χ3n) is 2.84. The maximum absolute atomic E-state index is 4.28. The minimum Gasteiger partial charge on any atom is -0.341 e. The van der Waals surface area contributed by atoms with Crippen LogP contribution < -0.4 is 4.90 Å². The van der Waals surface area contributed by atoms with Gasteiger partial charge in [0.25, 0.3) is 0 Å². The van der Waals surface area contributed by atoms with Crippen molar-refractivity contribution in [2.75, 3.05) is 11.9 Å². The number of anilines is 1. The molecule has 0 amide bonds. The molecule has 0 bridgehead atoms. The van der Waals surface area contributed by atoms with Crippen molar-refractivity contribution >= 4 is 21.9 Å². The Kier molecular flexibility index (Phi) is 2.72. The van der Waals surface area contributed by atoms with E-state index in [1.807, 2.05) is 0 Å². The molecule has 0 spiro atoms. The zero-order valence-corrected chi connectivity index (χ0v) is 10.0. The molecule has 1 atom stereocenters. The second-order valence-corrected chi connectivity index (χ2v) is 4.81. The molecule has 76 valence electrons. The van der Waals surface area contributed by atoms with Crippen molar-refractivity contribution < 1.29 is 0 Å². The highest BCUT2D eigenvalue weighted by molar-refractivity contribution is 9.10. The van der Waals surface area contributed by atoms with Gasteiger partial charge in [-0.05, 0) is 41.6 Å². The molecule has 1 heterocycles. The molecule has 4 heteroatoms. The lowest BCUT2D eigenvalue weighted by molar-refractivity contribution is 0.597. The van der Waals surface area contributed by atoms with Gasteiger partial charge in [0.2, 0.25) is 5.95 Å². The molecule has 0 N–H and O–H groups in total. The number of halogens is 1. The lowest BCUT2D eigenvalue weighted by Crippen LogP contribution is -2.31. The van der Waals surface area contributed by atoms with Crippen LogP contribution in [0, 0.1) is 5.92 Å². The third-order valence-corrected chi connectivity index (χ3v) is 3.25. The van der Waals surface area contributed by atoms with Gasteiger partial charge >= 0.3 is 0 Å². The Balaban J connectivity index is 2.09. The zero-order chi connectivity index (χ0) is 10.1. The van der Waals surface area contributed by atoms with Crippen molar-refractivity contribution in [3.63, 3.8) is 0 Å². The maximum atomic E-state index is 4.28. The van der Waals surface area contributed by atoms with Crippen LogP contribution in [0.15, 0.2) is 16.9 Å². The van der Waals surface area contributed by atoms with Gasteiger partial charge in [0, 0.05) is 25.5 Å². The van der Waals surface area contributed by atoms with Crippen LogP contribution in [0.25, 0.3) is 0 Å². The third kappa shape index (κ3) is 2.05. The van der Waals surface area contributed by atoms with Gasteiger partial charge in [-0.15, -0.1) is 0 Å². The average Bonchev–Trinajstić information content (AvgIpc) is 3.00. The zero-order valence-electron chi connectivity index (χ0n) is 8.44. The summed E-state index contributed by atoms with van der Waals surface area (Å²) in [5.74, 6) is 1.65. The van der Waals surface area contributed by atoms with Crippen LogP contribution in [0.1, 0.15) is 19.8 Å². The van der Waals surface area contributed by atoms with Gasteiger partial charge in [-0.1, -0.05) is 0 Å². The highest BCUT2D eigenvalue weighted by Crippen LogP contribution is 2.35. The van der Waals surface area contributed by atoms with E-state index in [0.717, 1.165) is 16.3 Å². The van der Waals surface area contributed by atoms with Gasteiger partial charge in [0.1, 0.15) is 0 Å². The molecule has 3 nitrogen and oxygen atoms in total. The Morgan fingerprint density at radius 2 is 2.00 bits per heavy atom. The van der Waals surface area contributed by atoms with Crippen molar-refractivity contribution in [1.82, 2.24) is 9.97 Å². The standard InChI is InChI=1S/C10H14BrN3/c1-7(8-3-4-8)14(2)10-12-5-9(11)6-13-10/h5-8H,3-4H2,1-2H3. The van der Waals surface area contributed by atoms with E-state index in [0.29, 0.717) is 6.04 Å². The lowest BCUT2D eigenvalue weighted by atomic mass is 10.2. The Hall–Kier alpha value is -0.640. The Bertz CT molecular complexity index is 308. The number of aromatic nitrogens is 2. The second kappa shape index (κ2) is 3.85. The molecule has 1 aromatic rings. The van der Waals surface area contributed by atoms with Crippen LogP contribution in [0.4, 0.5) is 5.95 Å². The molecule has 0 aliphatic heterocycles. The molecule has 14 heavy (non-hydrogen) atoms. The molecular formula is C10H14BrN3. The molecule has 1 aromatic heterocycles. The molecule has 0 aromatic carbocycles. The number of hydrogen-bond acceptors (Lipinski definition) is 3. The summed E-state index contributed by atoms with van der Waals surface area (Å²) in [7, 11) is 2.06. The molecule has 1 aliphatic rings. The molecule has 0 saturated heterocycles. The van der Waals surface area contributed by atoms with E-state index in [1.54, 1.807) is 12.4 Å². The Morgan fingerprint density at radius 3 is 2.50 bits per heavy atom. The van der Waals surface area contributed by atoms with Crippen molar-refractivity contribution in [3.05, 3.63) is 16.9 Å². The second-order valence-electron chi connectivity index (χ2n) is 3.89. The topological polar surface area (TPSA) is 29.0 Å². The van der Waals surface area contributed by atoms with Crippen LogP contribution in [0.3, 0.4) is 0 Å². The quantitative estimate of drug-likeness (QED) is 0.831. The summed E-state index contributed by atoms with van der Waals surface area (Å²) in [6.07, 6.45) is 6.28. The average molecular weight is 256 g/mol. The van der Waals surface area contributed by atoms with Crippen molar-refractivity contribution in [1.29, 1.82) is 0 Å². The smallest absolute Gasteiger partial charge is 0.225 e. The maximum Gasteiger partial charge on any atom is 0.225 e. The summed E-state index contributed by atoms with van der Waals surface area (Å²) >= 11 is 3.33. The van der Waals surface area contributed by atoms with Crippen LogP contribution in [0.2, 0.25) is 0 Å². The molecule has 2 rings (SSSR count). The molecule has 1 aliphatic carbocycles. The van der Waals surface area contributed by atoms with Crippen LogP contribution >= 0.6 is 15.9 Å². The van der Waals surface area contributed by atoms with E-state index >= 15 is 0 Å². The van der Waals surface area contributed by atoms with Crippen LogP contribution in [-0.4, -0.2) is 23.1 Å². The number of rotatable bonds is 3. The minimum atomic E-state index is 0.552. The molecule has 1 unspecified atom stereocenters. The summed E-state index contributed by atoms with van der Waals surface area (Å²) < 4.78 is 0.925. The molecule has 1 fully saturated rings. The SMILES string of the molecule is CC(C1CC1)N(C)c1ncc(Br)cn1. The first kappa shape index (κ1) is 9.90. The first-order chi connectivity index (χ1) is 6.68. The van der Waals surface area contributed by atoms with Crippen LogP contribution in [0.5, 0.6) is 0 Å². The summed E-state index contributed by atoms with van der Waals surface area (Å²) in [4.78, 5) is 10.7. The monoisotopic (exact) mass is 255 g/mol. The predicted octanol–water partition coefficient (Wildman–Crippen LogP) is 2.47. The summed E-state index contributed by atoms with van der Waals surface area (Å²) in [5, 5.41) is 0. The Morgan fingerprint density at radius 1 is 1.43 bits per heavy atom. The van der Waals surface area contributed by atoms with Gasteiger partial charge in [-0.25, -0.2) is 9.97 Å². The van der Waals surface area contributed by atoms with Crippen molar-refractivity contribution in [2.45, 2.75) is 25.8 Å². The van der Waals surface area contributed by atoms with Crippen molar-refractivity contribution in [3.8, 4) is 0 Å². The molecule has 0 radical (unpaired) electrons. The summed E-state index contributed by atoms with van der Waals surface area (Å²) in [6.45, 7) is 2.24. The van der Waals surface area contributed by atoms with E-state index in [4.69, 9.17) is 0 Å². The highest BCUT2D eigenvalue weighted by Gasteiger charge is 2.31. The van der Waals surface area contributed by atoms with Gasteiger partial charge in [0.05, 0.1) is 4.47 Å². The van der Waals surface area contributed by atoms with Gasteiger partial charge in [-0.3, -0.25) is 0 Å². The first-order valence-electron chi connectivity index (χ1n) is 4.89. The largest absolute Gasteiger partial charge is 0.341 e. The van der Waals surface area contributed by atoms with Crippen LogP contribution in [-0.2, 0) is 0 Å². The van der Waals surface area contributed by atoms with E-state index in [2.05, 4.69) is 44.8 Å². The normalized spacial score (nSPS) is 17.9. The van der Waals surface area contributed by atoms with E-state index < -0.39 is 0 Å². The van der Waals surface area contributed by atoms with Crippen molar-refractivity contribution in [2.24, 2.45) is 5.92 Å². The molecular weight excluding hydrogens is 242 g/mol. The number of hydrogen-bond donors (Lipinski definition) is 0. The Labute approximate surface area is 92.7 Å². The first-order valence-corrected chi connectivity index (χ1v) is 5.68. The molecule has 1 saturated carbocycles. The lowest BCUT2D eigenvalue weighted by Gasteiger charge is -2.24. The van der Waals surface area contributed by atoms with Gasteiger partial charge in [-0.2, -0.15) is 0 Å². The fraction of sp³-hybridized carbons (Fsp3) is 0.600. The minimum absolute atomic E-state index is 0.552. The van der Waals surface area contributed by atoms with E-state index in [-0.39, 0.29) is 0 Å². The predicted molar refractivity (Wildman–Crippen MR) is 60.3 cm³/mol. The summed E-state index contributed by atoms with van der Waals surface area (Å²) in [6, 6.07) is 0.552. The van der Waals surface area contributed by atoms with Gasteiger partial charge < -0.3 is 4.90 Å². The number of nitrogens with zero attached hydrogens (tertiary/aromatic N) is 3. The van der Waals surface area contributed by atoms with Gasteiger partial charge in [0.15, 0.2) is 0 Å². The highest BCUT2D eigenvalue weighted by atomic mass is 79.9.